The minimum absolute atomic E-state index is 0.178. The second-order valence-electron chi connectivity index (χ2n) is 10.9. The maximum absolute atomic E-state index is 13.6. The van der Waals surface area contributed by atoms with Gasteiger partial charge < -0.3 is 10.2 Å². The average molecular weight is 537 g/mol. The number of hydrogen-bond donors (Lipinski definition) is 2. The van der Waals surface area contributed by atoms with E-state index in [2.05, 4.69) is 17.2 Å². The molecule has 4 heterocycles. The molecule has 4 aliphatic rings. The summed E-state index contributed by atoms with van der Waals surface area (Å²) in [5, 5.41) is 8.60. The summed E-state index contributed by atoms with van der Waals surface area (Å²) in [6, 6.07) is 3.19. The van der Waals surface area contributed by atoms with Crippen LogP contribution in [0.1, 0.15) is 43.0 Å². The molecular weight excluding hydrogens is 501 g/mol. The highest BCUT2D eigenvalue weighted by Gasteiger charge is 2.60. The Morgan fingerprint density at radius 3 is 2.53 bits per heavy atom. The molecule has 0 spiro atoms. The molecule has 206 valence electrons. The Morgan fingerprint density at radius 1 is 1.11 bits per heavy atom. The Kier molecular flexibility index (Phi) is 7.54. The van der Waals surface area contributed by atoms with Crippen molar-refractivity contribution in [2.24, 2.45) is 11.8 Å². The lowest BCUT2D eigenvalue weighted by atomic mass is 9.78. The number of piperidine rings is 2. The second-order valence-corrected chi connectivity index (χ2v) is 10.9. The number of carbonyl (C=O) groups excluding carboxylic acids is 1. The number of nitroso groups, excluding NO2 is 2. The van der Waals surface area contributed by atoms with Crippen LogP contribution in [0.3, 0.4) is 0 Å². The van der Waals surface area contributed by atoms with Crippen molar-refractivity contribution in [3.8, 4) is 0 Å². The summed E-state index contributed by atoms with van der Waals surface area (Å²) >= 11 is 0. The fourth-order valence-corrected chi connectivity index (χ4v) is 6.60. The van der Waals surface area contributed by atoms with Crippen LogP contribution in [0, 0.1) is 21.6 Å². The lowest BCUT2D eigenvalue weighted by molar-refractivity contribution is -0.723. The number of alkyl halides is 3. The molecule has 6 atom stereocenters. The van der Waals surface area contributed by atoms with E-state index < -0.39 is 30.0 Å². The molecule has 2 N–H and O–H groups in total. The van der Waals surface area contributed by atoms with E-state index in [0.717, 1.165) is 47.7 Å². The van der Waals surface area contributed by atoms with Crippen molar-refractivity contribution in [1.29, 1.82) is 0 Å². The van der Waals surface area contributed by atoms with Crippen LogP contribution in [0.25, 0.3) is 0 Å². The van der Waals surface area contributed by atoms with Gasteiger partial charge in [0.05, 0.1) is 42.1 Å². The van der Waals surface area contributed by atoms with E-state index in [0.29, 0.717) is 44.0 Å². The average Bonchev–Trinajstić information content (AvgIpc) is 3.28. The summed E-state index contributed by atoms with van der Waals surface area (Å²) in [4.78, 5) is 42.2. The van der Waals surface area contributed by atoms with Gasteiger partial charge in [-0.1, -0.05) is 18.7 Å². The molecule has 9 nitrogen and oxygen atoms in total. The Morgan fingerprint density at radius 2 is 1.87 bits per heavy atom. The van der Waals surface area contributed by atoms with Gasteiger partial charge in [-0.15, -0.1) is 5.01 Å². The lowest BCUT2D eigenvalue weighted by Crippen LogP contribution is -2.66. The maximum Gasteiger partial charge on any atom is 0.416 e. The number of likely N-dealkylation sites (tertiary alicyclic amines) is 1. The Labute approximate surface area is 219 Å². The van der Waals surface area contributed by atoms with Gasteiger partial charge in [0.2, 0.25) is 11.9 Å². The minimum Gasteiger partial charge on any atom is -0.332 e. The predicted octanol–water partition coefficient (Wildman–Crippen LogP) is 2.63. The fraction of sp³-hybridized carbons (Fsp3) is 0.654. The normalized spacial score (nSPS) is 32.3. The first kappa shape index (κ1) is 26.7. The zero-order valence-corrected chi connectivity index (χ0v) is 21.3. The highest BCUT2D eigenvalue weighted by atomic mass is 19.4. The van der Waals surface area contributed by atoms with Crippen LogP contribution in [0.2, 0.25) is 0 Å². The molecule has 4 saturated heterocycles. The topological polar surface area (TPSA) is 87.8 Å². The van der Waals surface area contributed by atoms with Gasteiger partial charge in [0, 0.05) is 28.2 Å². The van der Waals surface area contributed by atoms with Gasteiger partial charge in [-0.3, -0.25) is 4.79 Å². The van der Waals surface area contributed by atoms with Gasteiger partial charge in [0.25, 0.3) is 12.2 Å². The number of hydrogen-bond acceptors (Lipinski definition) is 5. The molecule has 1 amide bonds. The van der Waals surface area contributed by atoms with E-state index in [1.54, 1.807) is 4.90 Å². The molecule has 0 aliphatic carbocycles. The van der Waals surface area contributed by atoms with Crippen LogP contribution in [0.5, 0.6) is 0 Å². The minimum atomic E-state index is -4.48. The van der Waals surface area contributed by atoms with Crippen LogP contribution < -0.4 is 10.6 Å². The summed E-state index contributed by atoms with van der Waals surface area (Å²) in [6.45, 7) is 7.35. The van der Waals surface area contributed by atoms with E-state index in [1.165, 1.54) is 18.2 Å². The van der Waals surface area contributed by atoms with Gasteiger partial charge >= 0.3 is 6.18 Å². The zero-order chi connectivity index (χ0) is 27.0. The second kappa shape index (κ2) is 10.7. The third-order valence-electron chi connectivity index (χ3n) is 8.59. The molecular formula is C26H35F3N6O3+2. The summed E-state index contributed by atoms with van der Waals surface area (Å²) in [5.41, 5.74) is -0.400. The van der Waals surface area contributed by atoms with E-state index in [9.17, 15) is 27.8 Å². The Bertz CT molecular complexity index is 1070. The summed E-state index contributed by atoms with van der Waals surface area (Å²) in [5.74, 6) is -0.0578. The fourth-order valence-electron chi connectivity index (χ4n) is 6.60. The van der Waals surface area contributed by atoms with Crippen molar-refractivity contribution < 1.29 is 27.6 Å². The monoisotopic (exact) mass is 536 g/mol. The number of halogens is 3. The first-order chi connectivity index (χ1) is 18.2. The first-order valence-corrected chi connectivity index (χ1v) is 13.4. The third-order valence-corrected chi connectivity index (χ3v) is 8.59. The van der Waals surface area contributed by atoms with Crippen molar-refractivity contribution in [2.75, 3.05) is 39.3 Å². The SMILES string of the molecule is C=CC(=O)N1CCC2C(C3CCN(CC4CCCNC4)[N+]3=O)NC(c3ccc(C(F)(F)F)cc3)[N+](=O)C2C1. The van der Waals surface area contributed by atoms with Crippen LogP contribution >= 0.6 is 0 Å². The smallest absolute Gasteiger partial charge is 0.332 e. The first-order valence-electron chi connectivity index (χ1n) is 13.4. The zero-order valence-electron chi connectivity index (χ0n) is 21.3. The van der Waals surface area contributed by atoms with Crippen LogP contribution in [0.15, 0.2) is 36.9 Å². The highest BCUT2D eigenvalue weighted by Crippen LogP contribution is 2.38. The molecule has 38 heavy (non-hydrogen) atoms. The predicted molar refractivity (Wildman–Crippen MR) is 133 cm³/mol. The molecule has 12 heteroatoms. The van der Waals surface area contributed by atoms with Gasteiger partial charge in [0.15, 0.2) is 0 Å². The van der Waals surface area contributed by atoms with Crippen molar-refractivity contribution >= 4 is 5.91 Å². The van der Waals surface area contributed by atoms with Crippen LogP contribution in [-0.2, 0) is 11.0 Å². The number of fused-ring (bicyclic) bond motifs is 1. The van der Waals surface area contributed by atoms with Crippen molar-refractivity contribution in [3.05, 3.63) is 57.9 Å². The molecule has 4 fully saturated rings. The molecule has 0 radical (unpaired) electrons. The largest absolute Gasteiger partial charge is 0.416 e. The molecule has 5 rings (SSSR count). The van der Waals surface area contributed by atoms with E-state index in [-0.39, 0.29) is 24.4 Å². The molecule has 0 bridgehead atoms. The number of nitrogens with zero attached hydrogens (tertiary/aromatic N) is 4. The molecule has 0 aromatic heterocycles. The summed E-state index contributed by atoms with van der Waals surface area (Å²) in [7, 11) is 0. The summed E-state index contributed by atoms with van der Waals surface area (Å²) < 4.78 is 40.3. The van der Waals surface area contributed by atoms with Crippen molar-refractivity contribution in [1.82, 2.24) is 20.5 Å². The molecule has 1 aromatic rings. The van der Waals surface area contributed by atoms with E-state index >= 15 is 0 Å². The number of carbonyl (C=O) groups is 1. The number of hydrazine groups is 1. The maximum atomic E-state index is 13.6. The Balaban J connectivity index is 1.40. The van der Waals surface area contributed by atoms with Gasteiger partial charge in [-0.25, -0.2) is 5.32 Å². The number of nitrogens with one attached hydrogen (secondary N) is 2. The van der Waals surface area contributed by atoms with Crippen molar-refractivity contribution in [3.63, 3.8) is 0 Å². The third kappa shape index (κ3) is 5.20. The van der Waals surface area contributed by atoms with Gasteiger partial charge in [0.1, 0.15) is 4.87 Å². The van der Waals surface area contributed by atoms with Gasteiger partial charge in [-0.2, -0.15) is 13.2 Å². The van der Waals surface area contributed by atoms with E-state index in [1.807, 2.05) is 5.01 Å². The molecule has 4 aliphatic heterocycles. The van der Waals surface area contributed by atoms with E-state index in [4.69, 9.17) is 0 Å². The van der Waals surface area contributed by atoms with Gasteiger partial charge in [-0.05, 0) is 56.5 Å². The molecule has 0 saturated carbocycles. The van der Waals surface area contributed by atoms with Crippen LogP contribution in [-0.4, -0.2) is 82.8 Å². The standard InChI is InChI=1S/C26H35F3N6O3/c1-2-23(36)32-12-9-20-22(16-32)34(37)25(18-5-7-19(8-6-18)26(27,28)29)31-24(20)21-10-13-33(35(21)38)15-17-4-3-11-30-14-17/h2,5-8,17,20-22,24-25,30-31H,1,3-4,9-16H2/q+2. The highest BCUT2D eigenvalue weighted by molar-refractivity contribution is 5.87. The Hall–Kier alpha value is -2.86. The molecule has 6 unspecified atom stereocenters. The number of rotatable bonds is 5. The summed E-state index contributed by atoms with van der Waals surface area (Å²) in [6.07, 6.45) is -0.883. The molecule has 1 aromatic carbocycles. The number of benzene rings is 1. The number of amides is 1. The lowest BCUT2D eigenvalue weighted by Gasteiger charge is -2.42. The quantitative estimate of drug-likeness (QED) is 0.445. The van der Waals surface area contributed by atoms with Crippen LogP contribution in [0.4, 0.5) is 13.2 Å². The van der Waals surface area contributed by atoms with Crippen molar-refractivity contribution in [2.45, 2.75) is 56.2 Å².